The molecule has 1 aromatic carbocycles. The van der Waals surface area contributed by atoms with Crippen LogP contribution in [-0.2, 0) is 0 Å². The van der Waals surface area contributed by atoms with E-state index in [1.165, 1.54) is 24.6 Å². The number of hydrogen-bond donors (Lipinski definition) is 1. The van der Waals surface area contributed by atoms with Gasteiger partial charge in [-0.1, -0.05) is 11.6 Å². The van der Waals surface area contributed by atoms with Crippen LogP contribution in [0.25, 0.3) is 0 Å². The molecule has 1 rings (SSSR count). The molecule has 0 unspecified atom stereocenters. The van der Waals surface area contributed by atoms with E-state index in [-0.39, 0.29) is 12.2 Å². The van der Waals surface area contributed by atoms with Crippen molar-refractivity contribution in [1.82, 2.24) is 0 Å². The summed E-state index contributed by atoms with van der Waals surface area (Å²) in [5.41, 5.74) is 1.59. The van der Waals surface area contributed by atoms with Crippen LogP contribution in [0.5, 0.6) is 5.75 Å². The lowest BCUT2D eigenvalue weighted by Crippen LogP contribution is -1.98. The molecule has 0 amide bonds. The fourth-order valence-electron chi connectivity index (χ4n) is 1.12. The second-order valence-corrected chi connectivity index (χ2v) is 3.28. The van der Waals surface area contributed by atoms with Gasteiger partial charge in [-0.05, 0) is 25.1 Å². The maximum absolute atomic E-state index is 13.3. The molecule has 0 saturated carbocycles. The van der Waals surface area contributed by atoms with E-state index in [2.05, 4.69) is 0 Å². The second-order valence-electron chi connectivity index (χ2n) is 3.03. The van der Waals surface area contributed by atoms with E-state index in [1.807, 2.05) is 0 Å². The van der Waals surface area contributed by atoms with Crippen LogP contribution in [-0.4, -0.2) is 11.7 Å². The Hall–Kier alpha value is -1.06. The summed E-state index contributed by atoms with van der Waals surface area (Å²) in [5.74, 6) is -0.0657. The van der Waals surface area contributed by atoms with Crippen LogP contribution in [0.4, 0.5) is 4.39 Å². The Morgan fingerprint density at radius 3 is 2.87 bits per heavy atom. The molecule has 2 nitrogen and oxygen atoms in total. The van der Waals surface area contributed by atoms with Crippen molar-refractivity contribution in [1.29, 1.82) is 0 Å². The van der Waals surface area contributed by atoms with Gasteiger partial charge in [0.05, 0.1) is 6.10 Å². The van der Waals surface area contributed by atoms with Gasteiger partial charge in [-0.15, -0.1) is 0 Å². The second kappa shape index (κ2) is 5.73. The predicted octanol–water partition coefficient (Wildman–Crippen LogP) is 3.01. The van der Waals surface area contributed by atoms with Gasteiger partial charge in [0.15, 0.2) is 0 Å². The van der Waals surface area contributed by atoms with E-state index in [4.69, 9.17) is 16.3 Å². The lowest BCUT2D eigenvalue weighted by molar-refractivity contribution is 0.194. The minimum atomic E-state index is -0.818. The summed E-state index contributed by atoms with van der Waals surface area (Å²) in [5, 5.41) is 9.20. The van der Waals surface area contributed by atoms with Crippen molar-refractivity contribution in [2.75, 3.05) is 6.61 Å². The average Bonchev–Trinajstić information content (AvgIpc) is 2.17. The molecule has 0 bridgehead atoms. The van der Waals surface area contributed by atoms with Gasteiger partial charge in [0, 0.05) is 17.2 Å². The van der Waals surface area contributed by atoms with Crippen LogP contribution in [0.2, 0.25) is 0 Å². The van der Waals surface area contributed by atoms with E-state index in [0.29, 0.717) is 5.75 Å². The predicted molar refractivity (Wildman–Crippen MR) is 57.5 cm³/mol. The van der Waals surface area contributed by atoms with Crippen molar-refractivity contribution < 1.29 is 14.2 Å². The Bertz CT molecular complexity index is 350. The number of aliphatic hydroxyl groups excluding tert-OH is 1. The molecule has 0 aromatic heterocycles. The first-order chi connectivity index (χ1) is 7.15. The third kappa shape index (κ3) is 3.53. The first-order valence-corrected chi connectivity index (χ1v) is 4.94. The number of rotatable bonds is 4. The molecule has 0 spiro atoms. The highest BCUT2D eigenvalue weighted by atomic mass is 35.5. The molecule has 0 fully saturated rings. The number of ether oxygens (including phenoxy) is 1. The molecule has 82 valence electrons. The lowest BCUT2D eigenvalue weighted by Gasteiger charge is -2.08. The van der Waals surface area contributed by atoms with Crippen molar-refractivity contribution in [3.8, 4) is 5.75 Å². The first-order valence-electron chi connectivity index (χ1n) is 4.50. The maximum atomic E-state index is 13.3. The highest BCUT2D eigenvalue weighted by Gasteiger charge is 2.08. The molecular weight excluding hydrogens is 219 g/mol. The topological polar surface area (TPSA) is 29.5 Å². The van der Waals surface area contributed by atoms with Crippen LogP contribution in [0.1, 0.15) is 18.6 Å². The van der Waals surface area contributed by atoms with Gasteiger partial charge < -0.3 is 9.84 Å². The summed E-state index contributed by atoms with van der Waals surface area (Å²) in [6, 6.07) is 4.34. The van der Waals surface area contributed by atoms with Crippen molar-refractivity contribution in [3.05, 3.63) is 41.2 Å². The summed E-state index contributed by atoms with van der Waals surface area (Å²) >= 11 is 5.30. The molecule has 1 aromatic rings. The summed E-state index contributed by atoms with van der Waals surface area (Å²) in [4.78, 5) is 0. The normalized spacial score (nSPS) is 13.1. The molecule has 1 N–H and O–H groups in total. The summed E-state index contributed by atoms with van der Waals surface area (Å²) in [7, 11) is 0. The van der Waals surface area contributed by atoms with Crippen molar-refractivity contribution in [2.24, 2.45) is 0 Å². The maximum Gasteiger partial charge on any atom is 0.132 e. The Labute approximate surface area is 92.9 Å². The van der Waals surface area contributed by atoms with E-state index in [1.54, 1.807) is 12.1 Å². The van der Waals surface area contributed by atoms with Crippen molar-refractivity contribution >= 4 is 11.6 Å². The Morgan fingerprint density at radius 2 is 2.33 bits per heavy atom. The Kier molecular flexibility index (Phi) is 4.59. The largest absolute Gasteiger partial charge is 0.489 e. The van der Waals surface area contributed by atoms with Crippen LogP contribution in [0.3, 0.4) is 0 Å². The molecule has 4 heteroatoms. The van der Waals surface area contributed by atoms with E-state index in [0.717, 1.165) is 0 Å². The summed E-state index contributed by atoms with van der Waals surface area (Å²) in [6.07, 6.45) is 0.781. The fourth-order valence-corrected chi connectivity index (χ4v) is 1.19. The highest BCUT2D eigenvalue weighted by Crippen LogP contribution is 2.21. The van der Waals surface area contributed by atoms with Crippen LogP contribution in [0, 0.1) is 5.82 Å². The minimum absolute atomic E-state index is 0.259. The van der Waals surface area contributed by atoms with Gasteiger partial charge in [0.1, 0.15) is 18.2 Å². The number of halogens is 2. The molecular formula is C11H12ClFO2. The third-order valence-corrected chi connectivity index (χ3v) is 2.04. The zero-order valence-corrected chi connectivity index (χ0v) is 9.04. The standard InChI is InChI=1S/C11H12ClFO2/c1-8(14)10-4-3-9(7-11(10)13)15-6-2-5-12/h2-5,7-8,14H,6H2,1H3/b5-2+/t8-/m0/s1. The SMILES string of the molecule is C[C@H](O)c1ccc(OC/C=C/Cl)cc1F. The Morgan fingerprint density at radius 1 is 1.60 bits per heavy atom. The van der Waals surface area contributed by atoms with Crippen molar-refractivity contribution in [2.45, 2.75) is 13.0 Å². The van der Waals surface area contributed by atoms with Gasteiger partial charge in [-0.25, -0.2) is 4.39 Å². The van der Waals surface area contributed by atoms with Crippen LogP contribution in [0.15, 0.2) is 29.8 Å². The van der Waals surface area contributed by atoms with E-state index < -0.39 is 11.9 Å². The smallest absolute Gasteiger partial charge is 0.132 e. The number of aliphatic hydroxyl groups is 1. The van der Waals surface area contributed by atoms with Gasteiger partial charge in [-0.2, -0.15) is 0 Å². The van der Waals surface area contributed by atoms with Gasteiger partial charge in [-0.3, -0.25) is 0 Å². The molecule has 0 heterocycles. The quantitative estimate of drug-likeness (QED) is 0.862. The number of benzene rings is 1. The first kappa shape index (κ1) is 12.0. The molecule has 1 atom stereocenters. The fraction of sp³-hybridized carbons (Fsp3) is 0.273. The van der Waals surface area contributed by atoms with Gasteiger partial charge in [0.25, 0.3) is 0 Å². The molecule has 0 aliphatic rings. The van der Waals surface area contributed by atoms with E-state index in [9.17, 15) is 9.50 Å². The van der Waals surface area contributed by atoms with Crippen LogP contribution < -0.4 is 4.74 Å². The summed E-state index contributed by atoms with van der Waals surface area (Å²) < 4.78 is 18.5. The van der Waals surface area contributed by atoms with Gasteiger partial charge >= 0.3 is 0 Å². The number of hydrogen-bond acceptors (Lipinski definition) is 2. The molecule has 0 saturated heterocycles. The molecule has 0 aliphatic heterocycles. The summed E-state index contributed by atoms with van der Waals surface area (Å²) in [6.45, 7) is 1.80. The van der Waals surface area contributed by atoms with E-state index >= 15 is 0 Å². The van der Waals surface area contributed by atoms with Gasteiger partial charge in [0.2, 0.25) is 0 Å². The minimum Gasteiger partial charge on any atom is -0.489 e. The molecule has 0 aliphatic carbocycles. The lowest BCUT2D eigenvalue weighted by atomic mass is 10.1. The van der Waals surface area contributed by atoms with Crippen LogP contribution >= 0.6 is 11.6 Å². The molecule has 0 radical (unpaired) electrons. The zero-order valence-electron chi connectivity index (χ0n) is 8.28. The average molecular weight is 231 g/mol. The molecule has 15 heavy (non-hydrogen) atoms. The third-order valence-electron chi connectivity index (χ3n) is 1.86. The monoisotopic (exact) mass is 230 g/mol. The van der Waals surface area contributed by atoms with Crippen molar-refractivity contribution in [3.63, 3.8) is 0 Å². The Balaban J connectivity index is 2.73. The highest BCUT2D eigenvalue weighted by molar-refractivity contribution is 6.25. The zero-order chi connectivity index (χ0) is 11.3.